The Morgan fingerprint density at radius 3 is 2.41 bits per heavy atom. The van der Waals surface area contributed by atoms with Crippen molar-refractivity contribution in [1.29, 1.82) is 0 Å². The summed E-state index contributed by atoms with van der Waals surface area (Å²) in [5.41, 5.74) is 0.746. The standard InChI is InChI=1S/C19H21N3O6S/c1-20-19(25)14-6-5-7-15(12-14)22-17(23)13-28-18(24)10-11-21-29(26,27)16-8-3-2-4-9-16/h2-9,12,21H,10-11,13H2,1H3,(H,20,25)(H,22,23). The highest BCUT2D eigenvalue weighted by Gasteiger charge is 2.14. The lowest BCUT2D eigenvalue weighted by Gasteiger charge is -2.09. The van der Waals surface area contributed by atoms with Crippen molar-refractivity contribution in [2.24, 2.45) is 0 Å². The van der Waals surface area contributed by atoms with Crippen LogP contribution in [0.2, 0.25) is 0 Å². The zero-order chi connectivity index (χ0) is 21.3. The second-order valence-electron chi connectivity index (χ2n) is 5.83. The van der Waals surface area contributed by atoms with Gasteiger partial charge >= 0.3 is 5.97 Å². The van der Waals surface area contributed by atoms with Crippen molar-refractivity contribution in [2.75, 3.05) is 25.5 Å². The van der Waals surface area contributed by atoms with Crippen LogP contribution in [0.25, 0.3) is 0 Å². The van der Waals surface area contributed by atoms with Crippen LogP contribution in [0.15, 0.2) is 59.5 Å². The van der Waals surface area contributed by atoms with Gasteiger partial charge in [0.05, 0.1) is 11.3 Å². The molecule has 0 aliphatic rings. The minimum absolute atomic E-state index is 0.0896. The van der Waals surface area contributed by atoms with Gasteiger partial charge in [0.15, 0.2) is 6.61 Å². The van der Waals surface area contributed by atoms with Gasteiger partial charge in [-0.1, -0.05) is 24.3 Å². The Morgan fingerprint density at radius 2 is 1.72 bits per heavy atom. The SMILES string of the molecule is CNC(=O)c1cccc(NC(=O)COC(=O)CCNS(=O)(=O)c2ccccc2)c1. The van der Waals surface area contributed by atoms with Gasteiger partial charge in [0.25, 0.3) is 11.8 Å². The van der Waals surface area contributed by atoms with E-state index in [1.807, 2.05) is 0 Å². The molecule has 2 amide bonds. The summed E-state index contributed by atoms with van der Waals surface area (Å²) in [6.45, 7) is -0.694. The molecule has 0 saturated carbocycles. The third-order valence-electron chi connectivity index (χ3n) is 3.67. The summed E-state index contributed by atoms with van der Waals surface area (Å²) >= 11 is 0. The molecule has 10 heteroatoms. The fourth-order valence-electron chi connectivity index (χ4n) is 2.27. The zero-order valence-electron chi connectivity index (χ0n) is 15.7. The van der Waals surface area contributed by atoms with Gasteiger partial charge in [0.2, 0.25) is 10.0 Å². The lowest BCUT2D eigenvalue weighted by atomic mass is 10.2. The summed E-state index contributed by atoms with van der Waals surface area (Å²) in [7, 11) is -2.22. The molecular weight excluding hydrogens is 398 g/mol. The van der Waals surface area contributed by atoms with Crippen LogP contribution in [0.1, 0.15) is 16.8 Å². The Labute approximate surface area is 168 Å². The van der Waals surface area contributed by atoms with Crippen LogP contribution in [-0.2, 0) is 24.3 Å². The largest absolute Gasteiger partial charge is 0.456 e. The Bertz CT molecular complexity index is 976. The van der Waals surface area contributed by atoms with Gasteiger partial charge in [-0.25, -0.2) is 13.1 Å². The number of benzene rings is 2. The molecule has 29 heavy (non-hydrogen) atoms. The summed E-state index contributed by atoms with van der Waals surface area (Å²) in [6.07, 6.45) is -0.231. The van der Waals surface area contributed by atoms with E-state index in [0.717, 1.165) is 0 Å². The van der Waals surface area contributed by atoms with Crippen molar-refractivity contribution in [3.8, 4) is 0 Å². The molecule has 2 rings (SSSR count). The normalized spacial score (nSPS) is 10.8. The van der Waals surface area contributed by atoms with Crippen molar-refractivity contribution >= 4 is 33.5 Å². The molecule has 0 radical (unpaired) electrons. The summed E-state index contributed by atoms with van der Waals surface area (Å²) in [4.78, 5) is 35.3. The van der Waals surface area contributed by atoms with Crippen LogP contribution in [-0.4, -0.2) is 46.4 Å². The molecule has 0 aliphatic heterocycles. The van der Waals surface area contributed by atoms with E-state index in [1.165, 1.54) is 25.2 Å². The molecule has 0 bridgehead atoms. The maximum atomic E-state index is 12.0. The van der Waals surface area contributed by atoms with Crippen molar-refractivity contribution < 1.29 is 27.5 Å². The molecule has 0 saturated heterocycles. The number of esters is 1. The number of amides is 2. The first-order valence-electron chi connectivity index (χ1n) is 8.64. The van der Waals surface area contributed by atoms with E-state index in [0.29, 0.717) is 11.3 Å². The Kier molecular flexibility index (Phi) is 7.87. The van der Waals surface area contributed by atoms with E-state index >= 15 is 0 Å². The summed E-state index contributed by atoms with van der Waals surface area (Å²) in [5, 5.41) is 4.98. The van der Waals surface area contributed by atoms with Gasteiger partial charge in [-0.05, 0) is 30.3 Å². The number of ether oxygens (including phenoxy) is 1. The fourth-order valence-corrected chi connectivity index (χ4v) is 3.32. The number of rotatable bonds is 9. The molecular formula is C19H21N3O6S. The molecule has 0 fully saturated rings. The maximum Gasteiger partial charge on any atom is 0.307 e. The number of carbonyl (C=O) groups excluding carboxylic acids is 3. The van der Waals surface area contributed by atoms with E-state index in [1.54, 1.807) is 36.4 Å². The molecule has 0 atom stereocenters. The Hall–Kier alpha value is -3.24. The van der Waals surface area contributed by atoms with Crippen LogP contribution in [0.3, 0.4) is 0 Å². The predicted molar refractivity (Wildman–Crippen MR) is 106 cm³/mol. The molecule has 2 aromatic carbocycles. The van der Waals surface area contributed by atoms with Crippen LogP contribution in [0.4, 0.5) is 5.69 Å². The van der Waals surface area contributed by atoms with Crippen molar-refractivity contribution in [2.45, 2.75) is 11.3 Å². The van der Waals surface area contributed by atoms with Crippen LogP contribution in [0, 0.1) is 0 Å². The van der Waals surface area contributed by atoms with Gasteiger partial charge in [0.1, 0.15) is 0 Å². The van der Waals surface area contributed by atoms with E-state index < -0.39 is 28.5 Å². The molecule has 0 heterocycles. The minimum atomic E-state index is -3.71. The second kappa shape index (κ2) is 10.3. The molecule has 0 unspecified atom stereocenters. The molecule has 9 nitrogen and oxygen atoms in total. The monoisotopic (exact) mass is 419 g/mol. The lowest BCUT2D eigenvalue weighted by Crippen LogP contribution is -2.28. The van der Waals surface area contributed by atoms with Crippen molar-refractivity contribution in [1.82, 2.24) is 10.0 Å². The number of sulfonamides is 1. The number of hydrogen-bond acceptors (Lipinski definition) is 6. The van der Waals surface area contributed by atoms with Gasteiger partial charge in [0, 0.05) is 24.8 Å². The summed E-state index contributed by atoms with van der Waals surface area (Å²) < 4.78 is 31.2. The highest BCUT2D eigenvalue weighted by atomic mass is 32.2. The number of anilines is 1. The Balaban J connectivity index is 1.75. The first kappa shape index (κ1) is 22.1. The van der Waals surface area contributed by atoms with E-state index in [4.69, 9.17) is 4.74 Å². The molecule has 3 N–H and O–H groups in total. The first-order chi connectivity index (χ1) is 13.8. The minimum Gasteiger partial charge on any atom is -0.456 e. The van der Waals surface area contributed by atoms with Gasteiger partial charge < -0.3 is 15.4 Å². The van der Waals surface area contributed by atoms with Gasteiger partial charge in [-0.15, -0.1) is 0 Å². The third kappa shape index (κ3) is 7.01. The number of hydrogen-bond donors (Lipinski definition) is 3. The van der Waals surface area contributed by atoms with Crippen molar-refractivity contribution in [3.05, 3.63) is 60.2 Å². The van der Waals surface area contributed by atoms with E-state index in [2.05, 4.69) is 15.4 Å². The molecule has 0 aromatic heterocycles. The lowest BCUT2D eigenvalue weighted by molar-refractivity contribution is -0.147. The summed E-state index contributed by atoms with van der Waals surface area (Å²) in [5.74, 6) is -1.61. The third-order valence-corrected chi connectivity index (χ3v) is 5.15. The Morgan fingerprint density at radius 1 is 1.00 bits per heavy atom. The van der Waals surface area contributed by atoms with Crippen LogP contribution >= 0.6 is 0 Å². The number of nitrogens with one attached hydrogen (secondary N) is 3. The van der Waals surface area contributed by atoms with Gasteiger partial charge in [-0.3, -0.25) is 14.4 Å². The average Bonchev–Trinajstić information content (AvgIpc) is 2.72. The highest BCUT2D eigenvalue weighted by molar-refractivity contribution is 7.89. The number of carbonyl (C=O) groups is 3. The predicted octanol–water partition coefficient (Wildman–Crippen LogP) is 0.897. The average molecular weight is 419 g/mol. The van der Waals surface area contributed by atoms with Crippen LogP contribution in [0.5, 0.6) is 0 Å². The maximum absolute atomic E-state index is 12.0. The second-order valence-corrected chi connectivity index (χ2v) is 7.60. The zero-order valence-corrected chi connectivity index (χ0v) is 16.5. The fraction of sp³-hybridized carbons (Fsp3) is 0.211. The van der Waals surface area contributed by atoms with Crippen LogP contribution < -0.4 is 15.4 Å². The highest BCUT2D eigenvalue weighted by Crippen LogP contribution is 2.10. The molecule has 154 valence electrons. The van der Waals surface area contributed by atoms with Crippen molar-refractivity contribution in [3.63, 3.8) is 0 Å². The molecule has 0 aliphatic carbocycles. The van der Waals surface area contributed by atoms with E-state index in [-0.39, 0.29) is 23.8 Å². The molecule has 2 aromatic rings. The summed E-state index contributed by atoms with van der Waals surface area (Å²) in [6, 6.07) is 14.0. The first-order valence-corrected chi connectivity index (χ1v) is 10.1. The topological polar surface area (TPSA) is 131 Å². The van der Waals surface area contributed by atoms with Gasteiger partial charge in [-0.2, -0.15) is 0 Å². The van der Waals surface area contributed by atoms with E-state index in [9.17, 15) is 22.8 Å². The molecule has 0 spiro atoms. The smallest absolute Gasteiger partial charge is 0.307 e. The quantitative estimate of drug-likeness (QED) is 0.518.